The topological polar surface area (TPSA) is 55.3 Å². The molecule has 1 saturated heterocycles. The molecule has 0 radical (unpaired) electrons. The van der Waals surface area contributed by atoms with Crippen LogP contribution in [0.3, 0.4) is 0 Å². The second kappa shape index (κ2) is 8.07. The maximum Gasteiger partial charge on any atom is 0.254 e. The number of carbonyl (C=O) groups is 1. The summed E-state index contributed by atoms with van der Waals surface area (Å²) in [6, 6.07) is 13.8. The van der Waals surface area contributed by atoms with Gasteiger partial charge in [-0.1, -0.05) is 17.7 Å². The van der Waals surface area contributed by atoms with Crippen LogP contribution in [0.15, 0.2) is 48.7 Å². The first-order chi connectivity index (χ1) is 13.6. The lowest BCUT2D eigenvalue weighted by Crippen LogP contribution is -2.43. The molecule has 5 nitrogen and oxygen atoms in total. The average Bonchev–Trinajstić information content (AvgIpc) is 2.72. The molecule has 144 valence electrons. The minimum atomic E-state index is 0.0376. The predicted octanol–water partition coefficient (Wildman–Crippen LogP) is 4.07. The first-order valence-corrected chi connectivity index (χ1v) is 9.79. The Balaban J connectivity index is 1.51. The van der Waals surface area contributed by atoms with E-state index in [1.165, 1.54) is 0 Å². The zero-order valence-corrected chi connectivity index (χ0v) is 16.4. The molecular weight excluding hydrogens is 350 g/mol. The second-order valence-electron chi connectivity index (χ2n) is 7.48. The Morgan fingerprint density at radius 2 is 2.11 bits per heavy atom. The van der Waals surface area contributed by atoms with Crippen LogP contribution in [-0.2, 0) is 11.3 Å². The molecule has 1 aromatic carbocycles. The summed E-state index contributed by atoms with van der Waals surface area (Å²) in [5, 5.41) is 0.923. The molecule has 3 aromatic rings. The molecule has 4 rings (SSSR count). The average molecular weight is 375 g/mol. The number of hydrogen-bond donors (Lipinski definition) is 0. The number of aryl methyl sites for hydroxylation is 2. The summed E-state index contributed by atoms with van der Waals surface area (Å²) in [5.41, 5.74) is 4.50. The maximum absolute atomic E-state index is 13.3. The number of fused-ring (bicyclic) bond motifs is 1. The number of rotatable bonds is 4. The van der Waals surface area contributed by atoms with E-state index in [0.717, 1.165) is 52.8 Å². The Morgan fingerprint density at radius 1 is 1.21 bits per heavy atom. The van der Waals surface area contributed by atoms with Crippen molar-refractivity contribution in [2.45, 2.75) is 39.4 Å². The van der Waals surface area contributed by atoms with Crippen LogP contribution in [0, 0.1) is 13.8 Å². The van der Waals surface area contributed by atoms with Gasteiger partial charge in [0.25, 0.3) is 5.91 Å². The molecule has 3 heterocycles. The zero-order valence-electron chi connectivity index (χ0n) is 16.4. The SMILES string of the molecule is Cc1ccc2nc(C)cc(C(=O)N3CCC[C@H](OCc4ccccn4)C3)c2c1. The summed E-state index contributed by atoms with van der Waals surface area (Å²) < 4.78 is 6.05. The number of hydrogen-bond acceptors (Lipinski definition) is 4. The van der Waals surface area contributed by atoms with Gasteiger partial charge in [-0.3, -0.25) is 14.8 Å². The van der Waals surface area contributed by atoms with E-state index < -0.39 is 0 Å². The van der Waals surface area contributed by atoms with Gasteiger partial charge >= 0.3 is 0 Å². The van der Waals surface area contributed by atoms with Crippen LogP contribution in [0.1, 0.15) is 40.2 Å². The van der Waals surface area contributed by atoms with Crippen LogP contribution in [-0.4, -0.2) is 40.0 Å². The first-order valence-electron chi connectivity index (χ1n) is 9.79. The molecular formula is C23H25N3O2. The minimum Gasteiger partial charge on any atom is -0.370 e. The molecule has 0 N–H and O–H groups in total. The highest BCUT2D eigenvalue weighted by Crippen LogP contribution is 2.24. The number of amides is 1. The van der Waals surface area contributed by atoms with E-state index in [9.17, 15) is 4.79 Å². The molecule has 0 saturated carbocycles. The van der Waals surface area contributed by atoms with Crippen molar-refractivity contribution in [1.29, 1.82) is 0 Å². The van der Waals surface area contributed by atoms with E-state index in [-0.39, 0.29) is 12.0 Å². The number of benzene rings is 1. The van der Waals surface area contributed by atoms with E-state index >= 15 is 0 Å². The van der Waals surface area contributed by atoms with Gasteiger partial charge in [-0.2, -0.15) is 0 Å². The van der Waals surface area contributed by atoms with Crippen molar-refractivity contribution < 1.29 is 9.53 Å². The summed E-state index contributed by atoms with van der Waals surface area (Å²) in [7, 11) is 0. The number of likely N-dealkylation sites (tertiary alicyclic amines) is 1. The fraction of sp³-hybridized carbons (Fsp3) is 0.348. The summed E-state index contributed by atoms with van der Waals surface area (Å²) in [6.45, 7) is 5.82. The van der Waals surface area contributed by atoms with Crippen molar-refractivity contribution >= 4 is 16.8 Å². The van der Waals surface area contributed by atoms with Crippen LogP contribution >= 0.6 is 0 Å². The van der Waals surface area contributed by atoms with Crippen molar-refractivity contribution in [3.63, 3.8) is 0 Å². The highest BCUT2D eigenvalue weighted by atomic mass is 16.5. The van der Waals surface area contributed by atoms with E-state index in [0.29, 0.717) is 13.2 Å². The van der Waals surface area contributed by atoms with Crippen LogP contribution in [0.2, 0.25) is 0 Å². The lowest BCUT2D eigenvalue weighted by atomic mass is 10.0. The van der Waals surface area contributed by atoms with Crippen LogP contribution < -0.4 is 0 Å². The molecule has 0 bridgehead atoms. The lowest BCUT2D eigenvalue weighted by Gasteiger charge is -2.33. The highest BCUT2D eigenvalue weighted by molar-refractivity contribution is 6.06. The van der Waals surface area contributed by atoms with E-state index in [2.05, 4.69) is 9.97 Å². The third-order valence-electron chi connectivity index (χ3n) is 5.18. The Morgan fingerprint density at radius 3 is 2.93 bits per heavy atom. The molecule has 0 unspecified atom stereocenters. The van der Waals surface area contributed by atoms with Gasteiger partial charge in [0.05, 0.1) is 29.5 Å². The van der Waals surface area contributed by atoms with Gasteiger partial charge in [0, 0.05) is 30.4 Å². The number of pyridine rings is 2. The molecule has 1 atom stereocenters. The second-order valence-corrected chi connectivity index (χ2v) is 7.48. The maximum atomic E-state index is 13.3. The molecule has 0 aliphatic carbocycles. The summed E-state index contributed by atoms with van der Waals surface area (Å²) in [6.07, 6.45) is 3.72. The standard InChI is InChI=1S/C23H25N3O2/c1-16-8-9-22-20(12-16)21(13-17(2)25-22)23(27)26-11-5-7-19(14-26)28-15-18-6-3-4-10-24-18/h3-4,6,8-10,12-13,19H,5,7,11,14-15H2,1-2H3/t19-/m0/s1. The van der Waals surface area contributed by atoms with E-state index in [4.69, 9.17) is 4.74 Å². The summed E-state index contributed by atoms with van der Waals surface area (Å²) in [5.74, 6) is 0.0623. The van der Waals surface area contributed by atoms with Crippen molar-refractivity contribution in [2.24, 2.45) is 0 Å². The number of piperidine rings is 1. The molecule has 28 heavy (non-hydrogen) atoms. The molecule has 1 fully saturated rings. The Bertz CT molecular complexity index is 988. The van der Waals surface area contributed by atoms with Gasteiger partial charge in [-0.25, -0.2) is 0 Å². The quantitative estimate of drug-likeness (QED) is 0.690. The van der Waals surface area contributed by atoms with Crippen molar-refractivity contribution in [3.8, 4) is 0 Å². The predicted molar refractivity (Wildman–Crippen MR) is 109 cm³/mol. The van der Waals surface area contributed by atoms with Crippen molar-refractivity contribution in [3.05, 3.63) is 71.2 Å². The molecule has 1 aliphatic heterocycles. The summed E-state index contributed by atoms with van der Waals surface area (Å²) in [4.78, 5) is 24.1. The highest BCUT2D eigenvalue weighted by Gasteiger charge is 2.26. The molecule has 1 aliphatic rings. The van der Waals surface area contributed by atoms with Gasteiger partial charge in [-0.15, -0.1) is 0 Å². The van der Waals surface area contributed by atoms with Gasteiger partial charge in [0.15, 0.2) is 0 Å². The molecule has 1 amide bonds. The van der Waals surface area contributed by atoms with Crippen molar-refractivity contribution in [1.82, 2.24) is 14.9 Å². The fourth-order valence-corrected chi connectivity index (χ4v) is 3.76. The van der Waals surface area contributed by atoms with Gasteiger partial charge < -0.3 is 9.64 Å². The molecule has 0 spiro atoms. The first kappa shape index (κ1) is 18.6. The Hall–Kier alpha value is -2.79. The van der Waals surface area contributed by atoms with E-state index in [1.807, 2.05) is 61.2 Å². The lowest BCUT2D eigenvalue weighted by molar-refractivity contribution is -0.00780. The normalized spacial score (nSPS) is 17.1. The number of nitrogens with zero attached hydrogens (tertiary/aromatic N) is 3. The zero-order chi connectivity index (χ0) is 19.5. The fourth-order valence-electron chi connectivity index (χ4n) is 3.76. The Kier molecular flexibility index (Phi) is 5.35. The van der Waals surface area contributed by atoms with Crippen LogP contribution in [0.4, 0.5) is 0 Å². The van der Waals surface area contributed by atoms with Gasteiger partial charge in [-0.05, 0) is 57.0 Å². The van der Waals surface area contributed by atoms with E-state index in [1.54, 1.807) is 6.20 Å². The van der Waals surface area contributed by atoms with Crippen LogP contribution in [0.5, 0.6) is 0 Å². The van der Waals surface area contributed by atoms with Gasteiger partial charge in [0.1, 0.15) is 0 Å². The minimum absolute atomic E-state index is 0.0376. The van der Waals surface area contributed by atoms with Gasteiger partial charge in [0.2, 0.25) is 0 Å². The largest absolute Gasteiger partial charge is 0.370 e. The number of ether oxygens (including phenoxy) is 1. The number of carbonyl (C=O) groups excluding carboxylic acids is 1. The molecule has 2 aromatic heterocycles. The van der Waals surface area contributed by atoms with Crippen molar-refractivity contribution in [2.75, 3.05) is 13.1 Å². The Labute approximate surface area is 165 Å². The van der Waals surface area contributed by atoms with Crippen LogP contribution in [0.25, 0.3) is 10.9 Å². The number of aromatic nitrogens is 2. The third kappa shape index (κ3) is 4.04. The smallest absolute Gasteiger partial charge is 0.254 e. The monoisotopic (exact) mass is 375 g/mol. The summed E-state index contributed by atoms with van der Waals surface area (Å²) >= 11 is 0. The molecule has 5 heteroatoms. The third-order valence-corrected chi connectivity index (χ3v) is 5.18.